The maximum atomic E-state index is 13.2. The van der Waals surface area contributed by atoms with E-state index in [0.717, 1.165) is 24.0 Å². The van der Waals surface area contributed by atoms with E-state index >= 15 is 0 Å². The Morgan fingerprint density at radius 1 is 1.12 bits per heavy atom. The van der Waals surface area contributed by atoms with Crippen LogP contribution in [0.2, 0.25) is 0 Å². The molecule has 0 spiro atoms. The minimum Gasteiger partial charge on any atom is -0.481 e. The fourth-order valence-corrected chi connectivity index (χ4v) is 4.36. The Hall–Kier alpha value is -2.82. The molecule has 0 unspecified atom stereocenters. The molecule has 0 aromatic heterocycles. The van der Waals surface area contributed by atoms with Gasteiger partial charge in [-0.25, -0.2) is 0 Å². The summed E-state index contributed by atoms with van der Waals surface area (Å²) in [4.78, 5) is 27.7. The third kappa shape index (κ3) is 6.16. The number of carbonyl (C=O) groups excluding carboxylic acids is 2. The summed E-state index contributed by atoms with van der Waals surface area (Å²) in [5, 5.41) is 2.93. The highest BCUT2D eigenvalue weighted by Crippen LogP contribution is 2.38. The largest absolute Gasteiger partial charge is 0.481 e. The number of nitrogens with zero attached hydrogens (tertiary/aromatic N) is 1. The Morgan fingerprint density at radius 3 is 2.48 bits per heavy atom. The van der Waals surface area contributed by atoms with Crippen LogP contribution in [0.1, 0.15) is 75.3 Å². The number of nitrogens with one attached hydrogen (secondary N) is 1. The van der Waals surface area contributed by atoms with Gasteiger partial charge in [-0.1, -0.05) is 63.6 Å². The molecule has 33 heavy (non-hydrogen) atoms. The summed E-state index contributed by atoms with van der Waals surface area (Å²) in [7, 11) is 0. The van der Waals surface area contributed by atoms with Crippen LogP contribution in [0, 0.1) is 12.8 Å². The third-order valence-corrected chi connectivity index (χ3v) is 6.13. The summed E-state index contributed by atoms with van der Waals surface area (Å²) < 4.78 is 6.14. The molecule has 0 bridgehead atoms. The molecule has 1 aliphatic heterocycles. The molecule has 0 radical (unpaired) electrons. The minimum absolute atomic E-state index is 0.0825. The summed E-state index contributed by atoms with van der Waals surface area (Å²) >= 11 is 0. The average Bonchev–Trinajstić information content (AvgIpc) is 2.80. The van der Waals surface area contributed by atoms with Gasteiger partial charge in [0.2, 0.25) is 5.91 Å². The molecule has 1 aliphatic rings. The Morgan fingerprint density at radius 2 is 1.85 bits per heavy atom. The first-order chi connectivity index (χ1) is 15.8. The highest BCUT2D eigenvalue weighted by atomic mass is 16.5. The van der Waals surface area contributed by atoms with Crippen molar-refractivity contribution in [2.45, 2.75) is 72.4 Å². The molecule has 3 rings (SSSR count). The second kappa shape index (κ2) is 11.4. The highest BCUT2D eigenvalue weighted by molar-refractivity contribution is 5.81. The van der Waals surface area contributed by atoms with Gasteiger partial charge < -0.3 is 15.0 Å². The lowest BCUT2D eigenvalue weighted by Gasteiger charge is -2.38. The molecular formula is C28H38N2O3. The van der Waals surface area contributed by atoms with Crippen molar-refractivity contribution >= 4 is 11.8 Å². The van der Waals surface area contributed by atoms with Crippen LogP contribution >= 0.6 is 0 Å². The highest BCUT2D eigenvalue weighted by Gasteiger charge is 2.32. The Bertz CT molecular complexity index is 952. The smallest absolute Gasteiger partial charge is 0.261 e. The number of rotatable bonds is 9. The lowest BCUT2D eigenvalue weighted by Crippen LogP contribution is -2.41. The van der Waals surface area contributed by atoms with Gasteiger partial charge in [-0.05, 0) is 60.9 Å². The van der Waals surface area contributed by atoms with E-state index in [1.165, 1.54) is 11.1 Å². The molecule has 1 heterocycles. The van der Waals surface area contributed by atoms with Crippen molar-refractivity contribution in [3.8, 4) is 5.75 Å². The number of carbonyl (C=O) groups is 2. The number of ether oxygens (including phenoxy) is 1. The van der Waals surface area contributed by atoms with Gasteiger partial charge >= 0.3 is 0 Å². The zero-order valence-corrected chi connectivity index (χ0v) is 20.7. The second-order valence-electron chi connectivity index (χ2n) is 9.41. The van der Waals surface area contributed by atoms with Gasteiger partial charge in [0.1, 0.15) is 5.75 Å². The number of benzene rings is 2. The van der Waals surface area contributed by atoms with Gasteiger partial charge in [0, 0.05) is 19.5 Å². The lowest BCUT2D eigenvalue weighted by atomic mass is 9.87. The van der Waals surface area contributed by atoms with Crippen LogP contribution in [-0.4, -0.2) is 35.9 Å². The summed E-state index contributed by atoms with van der Waals surface area (Å²) in [6.45, 7) is 11.6. The molecule has 2 atom stereocenters. The number of aryl methyl sites for hydroxylation is 1. The Labute approximate surface area is 198 Å². The van der Waals surface area contributed by atoms with Crippen LogP contribution in [-0.2, 0) is 16.0 Å². The number of hydrogen-bond acceptors (Lipinski definition) is 3. The van der Waals surface area contributed by atoms with Crippen molar-refractivity contribution in [2.75, 3.05) is 13.1 Å². The van der Waals surface area contributed by atoms with Gasteiger partial charge in [0.25, 0.3) is 5.91 Å². The molecule has 0 fully saturated rings. The zero-order chi connectivity index (χ0) is 24.0. The van der Waals surface area contributed by atoms with Crippen molar-refractivity contribution in [3.63, 3.8) is 0 Å². The zero-order valence-electron chi connectivity index (χ0n) is 20.7. The SMILES string of the molecule is CCCNC(=O)[C@@H](CC)Oc1ccc2c(c1)[C@H](c1ccc(C)cc1)N(C(=O)CC(C)C)CC2. The van der Waals surface area contributed by atoms with Gasteiger partial charge in [0.05, 0.1) is 6.04 Å². The van der Waals surface area contributed by atoms with E-state index in [1.54, 1.807) is 0 Å². The molecule has 2 aromatic carbocycles. The van der Waals surface area contributed by atoms with E-state index in [0.29, 0.717) is 37.6 Å². The predicted octanol–water partition coefficient (Wildman–Crippen LogP) is 5.20. The standard InChI is InChI=1S/C28H38N2O3/c1-6-15-29-28(32)25(7-2)33-23-13-12-21-14-16-30(26(31)17-19(3)4)27(24(21)18-23)22-10-8-20(5)9-11-22/h8-13,18-19,25,27H,6-7,14-17H2,1-5H3,(H,29,32)/t25-,27+/m1/s1. The van der Waals surface area contributed by atoms with E-state index < -0.39 is 6.10 Å². The lowest BCUT2D eigenvalue weighted by molar-refractivity contribution is -0.134. The topological polar surface area (TPSA) is 58.6 Å². The van der Waals surface area contributed by atoms with E-state index in [1.807, 2.05) is 30.9 Å². The van der Waals surface area contributed by atoms with Crippen LogP contribution in [0.5, 0.6) is 5.75 Å². The molecule has 0 saturated heterocycles. The molecule has 5 heteroatoms. The maximum absolute atomic E-state index is 13.2. The van der Waals surface area contributed by atoms with Crippen LogP contribution in [0.3, 0.4) is 0 Å². The normalized spacial score (nSPS) is 16.3. The molecule has 0 saturated carbocycles. The third-order valence-electron chi connectivity index (χ3n) is 6.13. The average molecular weight is 451 g/mol. The summed E-state index contributed by atoms with van der Waals surface area (Å²) in [5.74, 6) is 1.07. The van der Waals surface area contributed by atoms with E-state index in [-0.39, 0.29) is 17.9 Å². The number of amides is 2. The molecule has 178 valence electrons. The Balaban J connectivity index is 1.96. The molecule has 2 aromatic rings. The Kier molecular flexibility index (Phi) is 8.54. The molecule has 0 aliphatic carbocycles. The molecule has 5 nitrogen and oxygen atoms in total. The fraction of sp³-hybridized carbons (Fsp3) is 0.500. The van der Waals surface area contributed by atoms with Crippen molar-refractivity contribution in [2.24, 2.45) is 5.92 Å². The minimum atomic E-state index is -0.533. The van der Waals surface area contributed by atoms with Crippen LogP contribution < -0.4 is 10.1 Å². The first-order valence-electron chi connectivity index (χ1n) is 12.3. The van der Waals surface area contributed by atoms with Gasteiger partial charge in [0.15, 0.2) is 6.10 Å². The van der Waals surface area contributed by atoms with Crippen LogP contribution in [0.15, 0.2) is 42.5 Å². The van der Waals surface area contributed by atoms with Crippen molar-refractivity contribution in [1.29, 1.82) is 0 Å². The van der Waals surface area contributed by atoms with E-state index in [9.17, 15) is 9.59 Å². The summed E-state index contributed by atoms with van der Waals surface area (Å²) in [6, 6.07) is 14.3. The first-order valence-corrected chi connectivity index (χ1v) is 12.3. The number of hydrogen-bond donors (Lipinski definition) is 1. The summed E-state index contributed by atoms with van der Waals surface area (Å²) in [6.07, 6.45) is 2.29. The monoisotopic (exact) mass is 450 g/mol. The number of fused-ring (bicyclic) bond motifs is 1. The first kappa shape index (κ1) is 24.8. The van der Waals surface area contributed by atoms with Crippen molar-refractivity contribution < 1.29 is 14.3 Å². The summed E-state index contributed by atoms with van der Waals surface area (Å²) in [5.41, 5.74) is 4.60. The molecular weight excluding hydrogens is 412 g/mol. The fourth-order valence-electron chi connectivity index (χ4n) is 4.36. The van der Waals surface area contributed by atoms with E-state index in [2.05, 4.69) is 56.4 Å². The molecule has 2 amide bonds. The maximum Gasteiger partial charge on any atom is 0.261 e. The van der Waals surface area contributed by atoms with Crippen molar-refractivity contribution in [1.82, 2.24) is 10.2 Å². The predicted molar refractivity (Wildman–Crippen MR) is 132 cm³/mol. The van der Waals surface area contributed by atoms with Gasteiger partial charge in [-0.2, -0.15) is 0 Å². The van der Waals surface area contributed by atoms with E-state index in [4.69, 9.17) is 4.74 Å². The van der Waals surface area contributed by atoms with Crippen molar-refractivity contribution in [3.05, 3.63) is 64.7 Å². The molecule has 1 N–H and O–H groups in total. The van der Waals surface area contributed by atoms with Gasteiger partial charge in [-0.3, -0.25) is 9.59 Å². The van der Waals surface area contributed by atoms with Crippen LogP contribution in [0.25, 0.3) is 0 Å². The van der Waals surface area contributed by atoms with Crippen LogP contribution in [0.4, 0.5) is 0 Å². The van der Waals surface area contributed by atoms with Gasteiger partial charge in [-0.15, -0.1) is 0 Å². The second-order valence-corrected chi connectivity index (χ2v) is 9.41. The quantitative estimate of drug-likeness (QED) is 0.571.